The van der Waals surface area contributed by atoms with Gasteiger partial charge in [-0.1, -0.05) is 19.8 Å². The van der Waals surface area contributed by atoms with Crippen LogP contribution < -0.4 is 11.1 Å². The standard InChI is InChI=1S/C9H18N2O3/c1-3-4-5-7(9(13)14-2)11-8(12)6-10/h7H,3-6,10H2,1-2H3,(H,11,12)/t7-/m0/s1. The summed E-state index contributed by atoms with van der Waals surface area (Å²) in [6.45, 7) is 1.90. The summed E-state index contributed by atoms with van der Waals surface area (Å²) >= 11 is 0. The van der Waals surface area contributed by atoms with Gasteiger partial charge >= 0.3 is 5.97 Å². The van der Waals surface area contributed by atoms with Crippen LogP contribution in [0.3, 0.4) is 0 Å². The third-order valence-corrected chi connectivity index (χ3v) is 1.85. The molecule has 0 radical (unpaired) electrons. The second-order valence-corrected chi connectivity index (χ2v) is 2.99. The average molecular weight is 202 g/mol. The first-order chi connectivity index (χ1) is 6.65. The Morgan fingerprint density at radius 2 is 2.14 bits per heavy atom. The average Bonchev–Trinajstić information content (AvgIpc) is 2.22. The van der Waals surface area contributed by atoms with E-state index in [9.17, 15) is 9.59 Å². The number of esters is 1. The predicted octanol–water partition coefficient (Wildman–Crippen LogP) is -0.207. The first-order valence-corrected chi connectivity index (χ1v) is 4.73. The van der Waals surface area contributed by atoms with Crippen LogP contribution in [0.15, 0.2) is 0 Å². The Kier molecular flexibility index (Phi) is 6.74. The zero-order valence-corrected chi connectivity index (χ0v) is 8.71. The van der Waals surface area contributed by atoms with Crippen LogP contribution >= 0.6 is 0 Å². The van der Waals surface area contributed by atoms with Crippen LogP contribution in [0.2, 0.25) is 0 Å². The van der Waals surface area contributed by atoms with E-state index in [2.05, 4.69) is 10.1 Å². The number of amides is 1. The van der Waals surface area contributed by atoms with Gasteiger partial charge in [-0.2, -0.15) is 0 Å². The molecule has 0 aromatic heterocycles. The molecule has 1 amide bonds. The van der Waals surface area contributed by atoms with E-state index < -0.39 is 12.0 Å². The van der Waals surface area contributed by atoms with Crippen LogP contribution in [-0.4, -0.2) is 31.6 Å². The fourth-order valence-electron chi connectivity index (χ4n) is 1.05. The van der Waals surface area contributed by atoms with Gasteiger partial charge in [0.15, 0.2) is 0 Å². The number of hydrogen-bond donors (Lipinski definition) is 2. The monoisotopic (exact) mass is 202 g/mol. The molecule has 0 aromatic rings. The third kappa shape index (κ3) is 4.81. The van der Waals surface area contributed by atoms with E-state index in [0.29, 0.717) is 6.42 Å². The van der Waals surface area contributed by atoms with Crippen molar-refractivity contribution in [2.75, 3.05) is 13.7 Å². The number of nitrogens with one attached hydrogen (secondary N) is 1. The van der Waals surface area contributed by atoms with Gasteiger partial charge in [0.2, 0.25) is 5.91 Å². The number of nitrogens with two attached hydrogens (primary N) is 1. The second kappa shape index (κ2) is 7.32. The highest BCUT2D eigenvalue weighted by atomic mass is 16.5. The van der Waals surface area contributed by atoms with Crippen molar-refractivity contribution in [2.24, 2.45) is 5.73 Å². The molecule has 0 unspecified atom stereocenters. The Morgan fingerprint density at radius 3 is 2.57 bits per heavy atom. The van der Waals surface area contributed by atoms with Gasteiger partial charge in [0.1, 0.15) is 6.04 Å². The maximum atomic E-state index is 11.2. The summed E-state index contributed by atoms with van der Waals surface area (Å²) in [6, 6.07) is -0.559. The van der Waals surface area contributed by atoms with Crippen LogP contribution in [0.25, 0.3) is 0 Å². The molecule has 0 aromatic carbocycles. The predicted molar refractivity (Wildman–Crippen MR) is 52.5 cm³/mol. The quantitative estimate of drug-likeness (QED) is 0.584. The van der Waals surface area contributed by atoms with Crippen molar-refractivity contribution < 1.29 is 14.3 Å². The van der Waals surface area contributed by atoms with Crippen molar-refractivity contribution in [3.05, 3.63) is 0 Å². The highest BCUT2D eigenvalue weighted by Gasteiger charge is 2.19. The Bertz CT molecular complexity index is 194. The highest BCUT2D eigenvalue weighted by Crippen LogP contribution is 2.02. The molecule has 0 fully saturated rings. The van der Waals surface area contributed by atoms with E-state index in [1.807, 2.05) is 6.92 Å². The molecule has 82 valence electrons. The summed E-state index contributed by atoms with van der Waals surface area (Å²) in [4.78, 5) is 22.2. The topological polar surface area (TPSA) is 81.4 Å². The minimum Gasteiger partial charge on any atom is -0.467 e. The van der Waals surface area contributed by atoms with Crippen LogP contribution in [0.5, 0.6) is 0 Å². The Balaban J connectivity index is 4.09. The van der Waals surface area contributed by atoms with Crippen LogP contribution in [0, 0.1) is 0 Å². The Labute approximate surface area is 84.0 Å². The fraction of sp³-hybridized carbons (Fsp3) is 0.778. The molecule has 0 heterocycles. The minimum absolute atomic E-state index is 0.111. The summed E-state index contributed by atoms with van der Waals surface area (Å²) in [5.74, 6) is -0.753. The maximum Gasteiger partial charge on any atom is 0.328 e. The molecular weight excluding hydrogens is 184 g/mol. The van der Waals surface area contributed by atoms with Crippen molar-refractivity contribution in [1.29, 1.82) is 0 Å². The lowest BCUT2D eigenvalue weighted by Gasteiger charge is -2.15. The molecule has 0 aliphatic carbocycles. The molecule has 0 saturated heterocycles. The van der Waals surface area contributed by atoms with E-state index in [0.717, 1.165) is 12.8 Å². The Hall–Kier alpha value is -1.10. The van der Waals surface area contributed by atoms with Crippen LogP contribution in [0.4, 0.5) is 0 Å². The smallest absolute Gasteiger partial charge is 0.328 e. The SMILES string of the molecule is CCCC[C@H](NC(=O)CN)C(=O)OC. The van der Waals surface area contributed by atoms with E-state index in [1.165, 1.54) is 7.11 Å². The molecular formula is C9H18N2O3. The Morgan fingerprint density at radius 1 is 1.50 bits per heavy atom. The van der Waals surface area contributed by atoms with Crippen molar-refractivity contribution >= 4 is 11.9 Å². The van der Waals surface area contributed by atoms with Crippen LogP contribution in [-0.2, 0) is 14.3 Å². The number of methoxy groups -OCH3 is 1. The first-order valence-electron chi connectivity index (χ1n) is 4.73. The third-order valence-electron chi connectivity index (χ3n) is 1.85. The van der Waals surface area contributed by atoms with Gasteiger partial charge in [0.05, 0.1) is 13.7 Å². The number of carbonyl (C=O) groups excluding carboxylic acids is 2. The maximum absolute atomic E-state index is 11.2. The van der Waals surface area contributed by atoms with Crippen molar-refractivity contribution in [1.82, 2.24) is 5.32 Å². The van der Waals surface area contributed by atoms with E-state index in [-0.39, 0.29) is 12.5 Å². The van der Waals surface area contributed by atoms with Gasteiger partial charge in [-0.15, -0.1) is 0 Å². The summed E-state index contributed by atoms with van der Waals surface area (Å²) in [5, 5.41) is 2.51. The molecule has 0 bridgehead atoms. The van der Waals surface area contributed by atoms with E-state index in [4.69, 9.17) is 5.73 Å². The fourth-order valence-corrected chi connectivity index (χ4v) is 1.05. The van der Waals surface area contributed by atoms with Crippen molar-refractivity contribution in [2.45, 2.75) is 32.2 Å². The summed E-state index contributed by atoms with van der Waals surface area (Å²) in [5.41, 5.74) is 5.13. The molecule has 0 spiro atoms. The molecule has 0 saturated carbocycles. The van der Waals surface area contributed by atoms with Gasteiger partial charge in [-0.3, -0.25) is 4.79 Å². The highest BCUT2D eigenvalue weighted by molar-refractivity contribution is 5.85. The summed E-state index contributed by atoms with van der Waals surface area (Å²) in [7, 11) is 1.30. The van der Waals surface area contributed by atoms with Gasteiger partial charge < -0.3 is 15.8 Å². The van der Waals surface area contributed by atoms with Gasteiger partial charge in [-0.05, 0) is 6.42 Å². The molecule has 14 heavy (non-hydrogen) atoms. The molecule has 0 rings (SSSR count). The van der Waals surface area contributed by atoms with E-state index in [1.54, 1.807) is 0 Å². The minimum atomic E-state index is -0.559. The van der Waals surface area contributed by atoms with Crippen molar-refractivity contribution in [3.63, 3.8) is 0 Å². The van der Waals surface area contributed by atoms with Gasteiger partial charge in [-0.25, -0.2) is 4.79 Å². The van der Waals surface area contributed by atoms with Crippen molar-refractivity contribution in [3.8, 4) is 0 Å². The number of hydrogen-bond acceptors (Lipinski definition) is 4. The molecule has 5 heteroatoms. The largest absolute Gasteiger partial charge is 0.467 e. The van der Waals surface area contributed by atoms with Gasteiger partial charge in [0.25, 0.3) is 0 Å². The zero-order chi connectivity index (χ0) is 11.0. The molecule has 3 N–H and O–H groups in total. The number of rotatable bonds is 6. The van der Waals surface area contributed by atoms with Crippen LogP contribution in [0.1, 0.15) is 26.2 Å². The van der Waals surface area contributed by atoms with E-state index >= 15 is 0 Å². The summed E-state index contributed by atoms with van der Waals surface area (Å²) < 4.78 is 4.56. The molecule has 0 aliphatic rings. The lowest BCUT2D eigenvalue weighted by molar-refractivity contribution is -0.145. The summed E-state index contributed by atoms with van der Waals surface area (Å²) in [6.07, 6.45) is 2.42. The number of ether oxygens (including phenoxy) is 1. The zero-order valence-electron chi connectivity index (χ0n) is 8.71. The number of unbranched alkanes of at least 4 members (excludes halogenated alkanes) is 1. The van der Waals surface area contributed by atoms with Gasteiger partial charge in [0, 0.05) is 0 Å². The number of carbonyl (C=O) groups is 2. The molecule has 1 atom stereocenters. The normalized spacial score (nSPS) is 11.9. The molecule has 5 nitrogen and oxygen atoms in total. The molecule has 0 aliphatic heterocycles. The second-order valence-electron chi connectivity index (χ2n) is 2.99. The lowest BCUT2D eigenvalue weighted by Crippen LogP contribution is -2.44. The first kappa shape index (κ1) is 12.9. The lowest BCUT2D eigenvalue weighted by atomic mass is 10.1.